The Kier molecular flexibility index (Phi) is 7.30. The molecule has 30 heavy (non-hydrogen) atoms. The van der Waals surface area contributed by atoms with E-state index in [4.69, 9.17) is 14.2 Å². The van der Waals surface area contributed by atoms with Gasteiger partial charge in [-0.3, -0.25) is 0 Å². The standard InChI is InChI=1S/C20H26BrN5O4/c1-5-8-9-30-19(27)16-12(4)22-20-23-24-25-26(20)17(16)13-10-14(21)18(29-7-3)15(11-13)28-6-2/h10-11,17H,5-9H2,1-4H3,(H,22,23,25). The first-order valence-electron chi connectivity index (χ1n) is 10.0. The van der Waals surface area contributed by atoms with Gasteiger partial charge in [-0.25, -0.2) is 4.79 Å². The van der Waals surface area contributed by atoms with E-state index in [1.165, 1.54) is 0 Å². The molecule has 1 aromatic carbocycles. The zero-order valence-electron chi connectivity index (χ0n) is 17.6. The Morgan fingerprint density at radius 1 is 1.23 bits per heavy atom. The van der Waals surface area contributed by atoms with E-state index in [0.717, 1.165) is 22.9 Å². The highest BCUT2D eigenvalue weighted by atomic mass is 79.9. The van der Waals surface area contributed by atoms with Crippen LogP contribution in [0.2, 0.25) is 0 Å². The zero-order chi connectivity index (χ0) is 21.7. The maximum absolute atomic E-state index is 13.0. The quantitative estimate of drug-likeness (QED) is 0.427. The molecule has 0 spiro atoms. The minimum absolute atomic E-state index is 0.360. The van der Waals surface area contributed by atoms with Gasteiger partial charge in [0.05, 0.1) is 29.9 Å². The first kappa shape index (κ1) is 22.1. The average Bonchev–Trinajstić information content (AvgIpc) is 3.17. The summed E-state index contributed by atoms with van der Waals surface area (Å²) in [5, 5.41) is 15.0. The van der Waals surface area contributed by atoms with E-state index in [2.05, 4.69) is 36.8 Å². The number of nitrogens with one attached hydrogen (secondary N) is 1. The molecule has 1 N–H and O–H groups in total. The molecule has 0 bridgehead atoms. The van der Waals surface area contributed by atoms with Gasteiger partial charge in [0.15, 0.2) is 11.5 Å². The van der Waals surface area contributed by atoms with Crippen molar-refractivity contribution in [2.45, 2.75) is 46.6 Å². The van der Waals surface area contributed by atoms with Crippen molar-refractivity contribution in [2.24, 2.45) is 0 Å². The lowest BCUT2D eigenvalue weighted by Crippen LogP contribution is -2.30. The molecule has 9 nitrogen and oxygen atoms in total. The van der Waals surface area contributed by atoms with Crippen molar-refractivity contribution in [3.63, 3.8) is 0 Å². The number of aromatic nitrogens is 4. The predicted molar refractivity (Wildman–Crippen MR) is 115 cm³/mol. The number of anilines is 1. The van der Waals surface area contributed by atoms with Gasteiger partial charge in [-0.05, 0) is 71.2 Å². The summed E-state index contributed by atoms with van der Waals surface area (Å²) in [7, 11) is 0. The molecule has 1 aliphatic rings. The highest BCUT2D eigenvalue weighted by molar-refractivity contribution is 9.10. The second kappa shape index (κ2) is 9.92. The minimum Gasteiger partial charge on any atom is -0.490 e. The number of ether oxygens (including phenoxy) is 3. The SMILES string of the molecule is CCCCOC(=O)C1=C(C)Nc2nnnn2C1c1cc(Br)c(OCC)c(OCC)c1. The summed E-state index contributed by atoms with van der Waals surface area (Å²) in [6.45, 7) is 9.00. The van der Waals surface area contributed by atoms with E-state index in [0.29, 0.717) is 48.5 Å². The van der Waals surface area contributed by atoms with Gasteiger partial charge in [0.25, 0.3) is 0 Å². The van der Waals surface area contributed by atoms with Crippen molar-refractivity contribution in [2.75, 3.05) is 25.1 Å². The summed E-state index contributed by atoms with van der Waals surface area (Å²) >= 11 is 3.58. The van der Waals surface area contributed by atoms with Gasteiger partial charge in [0.2, 0.25) is 5.95 Å². The topological polar surface area (TPSA) is 100 Å². The van der Waals surface area contributed by atoms with Gasteiger partial charge in [0, 0.05) is 5.70 Å². The third-order valence-corrected chi connectivity index (χ3v) is 5.19. The van der Waals surface area contributed by atoms with Crippen LogP contribution in [0.4, 0.5) is 5.95 Å². The van der Waals surface area contributed by atoms with E-state index in [1.54, 1.807) is 4.68 Å². The zero-order valence-corrected chi connectivity index (χ0v) is 19.2. The van der Waals surface area contributed by atoms with Crippen molar-refractivity contribution < 1.29 is 19.0 Å². The number of rotatable bonds is 9. The van der Waals surface area contributed by atoms with Crippen LogP contribution in [0.3, 0.4) is 0 Å². The molecule has 0 fully saturated rings. The lowest BCUT2D eigenvalue weighted by Gasteiger charge is -2.28. The Balaban J connectivity index is 2.09. The molecule has 0 amide bonds. The Morgan fingerprint density at radius 2 is 2.00 bits per heavy atom. The van der Waals surface area contributed by atoms with Gasteiger partial charge < -0.3 is 19.5 Å². The molecule has 0 aliphatic carbocycles. The highest BCUT2D eigenvalue weighted by Crippen LogP contribution is 2.42. The smallest absolute Gasteiger partial charge is 0.338 e. The van der Waals surface area contributed by atoms with Crippen LogP contribution in [0.25, 0.3) is 0 Å². The number of allylic oxidation sites excluding steroid dienone is 1. The second-order valence-electron chi connectivity index (χ2n) is 6.70. The summed E-state index contributed by atoms with van der Waals surface area (Å²) in [4.78, 5) is 13.0. The van der Waals surface area contributed by atoms with Gasteiger partial charge in [-0.15, -0.1) is 0 Å². The molecule has 2 aromatic rings. The number of carbonyl (C=O) groups is 1. The molecular weight excluding hydrogens is 454 g/mol. The van der Waals surface area contributed by atoms with Crippen LogP contribution < -0.4 is 14.8 Å². The number of fused-ring (bicyclic) bond motifs is 1. The van der Waals surface area contributed by atoms with Crippen LogP contribution in [0.5, 0.6) is 11.5 Å². The first-order chi connectivity index (χ1) is 14.5. The lowest BCUT2D eigenvalue weighted by molar-refractivity contribution is -0.139. The number of carbonyl (C=O) groups excluding carboxylic acids is 1. The molecule has 2 heterocycles. The molecular formula is C20H26BrN5O4. The van der Waals surface area contributed by atoms with E-state index in [9.17, 15) is 4.79 Å². The molecule has 1 unspecified atom stereocenters. The maximum Gasteiger partial charge on any atom is 0.338 e. The molecule has 3 rings (SSSR count). The fourth-order valence-corrected chi connectivity index (χ4v) is 3.84. The van der Waals surface area contributed by atoms with Crippen LogP contribution in [-0.2, 0) is 9.53 Å². The van der Waals surface area contributed by atoms with Crippen molar-refractivity contribution in [3.05, 3.63) is 33.4 Å². The fraction of sp³-hybridized carbons (Fsp3) is 0.500. The third kappa shape index (κ3) is 4.43. The molecule has 1 aliphatic heterocycles. The summed E-state index contributed by atoms with van der Waals surface area (Å²) < 4.78 is 19.4. The molecule has 1 aromatic heterocycles. The van der Waals surface area contributed by atoms with Crippen molar-refractivity contribution >= 4 is 27.8 Å². The lowest BCUT2D eigenvalue weighted by atomic mass is 9.95. The number of nitrogens with zero attached hydrogens (tertiary/aromatic N) is 4. The molecule has 10 heteroatoms. The largest absolute Gasteiger partial charge is 0.490 e. The van der Waals surface area contributed by atoms with Gasteiger partial charge >= 0.3 is 5.97 Å². The van der Waals surface area contributed by atoms with Crippen LogP contribution >= 0.6 is 15.9 Å². The number of hydrogen-bond acceptors (Lipinski definition) is 8. The molecule has 162 valence electrons. The number of hydrogen-bond donors (Lipinski definition) is 1. The number of halogens is 1. The number of unbranched alkanes of at least 4 members (excludes halogenated alkanes) is 1. The molecule has 0 saturated heterocycles. The number of benzene rings is 1. The summed E-state index contributed by atoms with van der Waals surface area (Å²) in [6, 6.07) is 3.17. The number of tetrazole rings is 1. The van der Waals surface area contributed by atoms with Gasteiger partial charge in [0.1, 0.15) is 6.04 Å². The van der Waals surface area contributed by atoms with Crippen molar-refractivity contribution in [1.82, 2.24) is 20.2 Å². The van der Waals surface area contributed by atoms with E-state index in [-0.39, 0.29) is 0 Å². The average molecular weight is 480 g/mol. The Hall–Kier alpha value is -2.62. The van der Waals surface area contributed by atoms with Crippen LogP contribution in [0.1, 0.15) is 52.1 Å². The first-order valence-corrected chi connectivity index (χ1v) is 10.8. The summed E-state index contributed by atoms with van der Waals surface area (Å²) in [6.07, 6.45) is 1.74. The minimum atomic E-state index is -0.573. The Morgan fingerprint density at radius 3 is 2.70 bits per heavy atom. The second-order valence-corrected chi connectivity index (χ2v) is 7.55. The van der Waals surface area contributed by atoms with Crippen LogP contribution in [0.15, 0.2) is 27.9 Å². The van der Waals surface area contributed by atoms with Crippen LogP contribution in [-0.4, -0.2) is 46.0 Å². The van der Waals surface area contributed by atoms with E-state index >= 15 is 0 Å². The third-order valence-electron chi connectivity index (χ3n) is 4.60. The molecule has 0 saturated carbocycles. The summed E-state index contributed by atoms with van der Waals surface area (Å²) in [5.41, 5.74) is 1.86. The van der Waals surface area contributed by atoms with Gasteiger partial charge in [-0.1, -0.05) is 18.4 Å². The molecule has 0 radical (unpaired) electrons. The van der Waals surface area contributed by atoms with E-state index in [1.807, 2.05) is 39.8 Å². The Labute approximate surface area is 183 Å². The number of esters is 1. The van der Waals surface area contributed by atoms with Crippen molar-refractivity contribution in [1.29, 1.82) is 0 Å². The maximum atomic E-state index is 13.0. The van der Waals surface area contributed by atoms with Crippen molar-refractivity contribution in [3.8, 4) is 11.5 Å². The summed E-state index contributed by atoms with van der Waals surface area (Å²) in [5.74, 6) is 1.24. The van der Waals surface area contributed by atoms with Crippen LogP contribution in [0, 0.1) is 0 Å². The molecule has 1 atom stereocenters. The Bertz CT molecular complexity index is 943. The monoisotopic (exact) mass is 479 g/mol. The van der Waals surface area contributed by atoms with Gasteiger partial charge in [-0.2, -0.15) is 4.68 Å². The normalized spacial score (nSPS) is 15.4. The fourth-order valence-electron chi connectivity index (χ4n) is 3.26. The highest BCUT2D eigenvalue weighted by Gasteiger charge is 2.36. The van der Waals surface area contributed by atoms with E-state index < -0.39 is 12.0 Å². The predicted octanol–water partition coefficient (Wildman–Crippen LogP) is 3.87.